The minimum atomic E-state index is -0.585. The molecular weight excluding hydrogens is 338 g/mol. The van der Waals surface area contributed by atoms with E-state index in [1.807, 2.05) is 17.5 Å². The Balaban J connectivity index is 1.58. The molecule has 9 heteroatoms. The number of ether oxygens (including phenoxy) is 1. The molecule has 0 aliphatic heterocycles. The number of anilines is 1. The summed E-state index contributed by atoms with van der Waals surface area (Å²) in [4.78, 5) is 32.0. The highest BCUT2D eigenvalue weighted by molar-refractivity contribution is 7.14. The number of hydrogen-bond donors (Lipinski definition) is 1. The Bertz CT molecular complexity index is 823. The molecule has 3 heterocycles. The summed E-state index contributed by atoms with van der Waals surface area (Å²) in [5.74, 6) is -0.339. The molecule has 0 unspecified atom stereocenters. The highest BCUT2D eigenvalue weighted by Crippen LogP contribution is 2.24. The fourth-order valence-electron chi connectivity index (χ4n) is 1.68. The van der Waals surface area contributed by atoms with E-state index in [1.165, 1.54) is 29.9 Å². The number of aromatic nitrogens is 2. The number of hydrogen-bond acceptors (Lipinski definition) is 8. The van der Waals surface area contributed by atoms with Gasteiger partial charge < -0.3 is 14.5 Å². The van der Waals surface area contributed by atoms with Gasteiger partial charge in [-0.1, -0.05) is 6.07 Å². The van der Waals surface area contributed by atoms with Crippen molar-refractivity contribution in [2.45, 2.75) is 13.5 Å². The van der Waals surface area contributed by atoms with Crippen LogP contribution in [0, 0.1) is 0 Å². The van der Waals surface area contributed by atoms with Gasteiger partial charge in [0.15, 0.2) is 10.8 Å². The van der Waals surface area contributed by atoms with E-state index in [0.717, 1.165) is 16.2 Å². The summed E-state index contributed by atoms with van der Waals surface area (Å²) in [5.41, 5.74) is 0.653. The molecule has 3 aromatic rings. The van der Waals surface area contributed by atoms with Crippen molar-refractivity contribution in [3.8, 4) is 10.8 Å². The van der Waals surface area contributed by atoms with Gasteiger partial charge in [0.2, 0.25) is 11.8 Å². The van der Waals surface area contributed by atoms with Gasteiger partial charge in [0.05, 0.1) is 4.88 Å². The van der Waals surface area contributed by atoms with E-state index in [0.29, 0.717) is 16.7 Å². The third-order valence-electron chi connectivity index (χ3n) is 2.63. The Morgan fingerprint density at radius 2 is 2.22 bits per heavy atom. The third kappa shape index (κ3) is 3.82. The Hall–Kier alpha value is -2.52. The highest BCUT2D eigenvalue weighted by Gasteiger charge is 2.14. The van der Waals surface area contributed by atoms with Crippen molar-refractivity contribution in [3.63, 3.8) is 0 Å². The van der Waals surface area contributed by atoms with Gasteiger partial charge in [0.1, 0.15) is 18.6 Å². The number of thiazole rings is 1. The van der Waals surface area contributed by atoms with Crippen molar-refractivity contribution in [1.82, 2.24) is 9.97 Å². The fraction of sp³-hybridized carbons (Fsp3) is 0.143. The van der Waals surface area contributed by atoms with E-state index in [9.17, 15) is 9.59 Å². The minimum absolute atomic E-state index is 0.0132. The summed E-state index contributed by atoms with van der Waals surface area (Å²) in [6.07, 6.45) is 1.45. The van der Waals surface area contributed by atoms with E-state index in [-0.39, 0.29) is 18.2 Å². The van der Waals surface area contributed by atoms with Crippen LogP contribution in [0.5, 0.6) is 0 Å². The van der Waals surface area contributed by atoms with Crippen molar-refractivity contribution < 1.29 is 18.7 Å². The average molecular weight is 349 g/mol. The molecule has 118 valence electrons. The molecule has 1 N–H and O–H groups in total. The molecule has 7 nitrogen and oxygen atoms in total. The van der Waals surface area contributed by atoms with Crippen LogP contribution in [0.1, 0.15) is 23.1 Å². The van der Waals surface area contributed by atoms with E-state index < -0.39 is 5.97 Å². The van der Waals surface area contributed by atoms with Crippen molar-refractivity contribution in [2.24, 2.45) is 0 Å². The number of amides is 1. The number of rotatable bonds is 5. The van der Waals surface area contributed by atoms with Gasteiger partial charge in [-0.2, -0.15) is 0 Å². The van der Waals surface area contributed by atoms with Crippen LogP contribution in [0.15, 0.2) is 33.6 Å². The van der Waals surface area contributed by atoms with Crippen molar-refractivity contribution in [2.75, 3.05) is 5.32 Å². The largest absolute Gasteiger partial charge is 0.454 e. The predicted molar refractivity (Wildman–Crippen MR) is 85.4 cm³/mol. The van der Waals surface area contributed by atoms with Crippen LogP contribution in [0.25, 0.3) is 10.8 Å². The zero-order valence-corrected chi connectivity index (χ0v) is 13.6. The van der Waals surface area contributed by atoms with Gasteiger partial charge >= 0.3 is 5.97 Å². The van der Waals surface area contributed by atoms with Gasteiger partial charge in [-0.05, 0) is 11.4 Å². The summed E-state index contributed by atoms with van der Waals surface area (Å²) in [7, 11) is 0. The van der Waals surface area contributed by atoms with Crippen LogP contribution < -0.4 is 5.32 Å². The smallest absolute Gasteiger partial charge is 0.358 e. The molecule has 0 fully saturated rings. The summed E-state index contributed by atoms with van der Waals surface area (Å²) >= 11 is 2.66. The lowest BCUT2D eigenvalue weighted by Crippen LogP contribution is -2.08. The van der Waals surface area contributed by atoms with Gasteiger partial charge in [-0.15, -0.1) is 22.7 Å². The maximum absolute atomic E-state index is 11.9. The Morgan fingerprint density at radius 3 is 2.96 bits per heavy atom. The third-order valence-corrected chi connectivity index (χ3v) is 4.25. The van der Waals surface area contributed by atoms with E-state index in [1.54, 1.807) is 0 Å². The maximum Gasteiger partial charge on any atom is 0.358 e. The first-order valence-electron chi connectivity index (χ1n) is 6.50. The monoisotopic (exact) mass is 349 g/mol. The zero-order valence-electron chi connectivity index (χ0n) is 11.9. The summed E-state index contributed by atoms with van der Waals surface area (Å²) < 4.78 is 10.5. The molecule has 0 aromatic carbocycles. The summed E-state index contributed by atoms with van der Waals surface area (Å²) in [6.45, 7) is 1.36. The standard InChI is InChI=1S/C14H11N3O4S2/c1-8(18)15-14-17-10(7-23-14)13(19)21-6-9-5-20-12(16-9)11-3-2-4-22-11/h2-5,7H,6H2,1H3,(H,15,17,18). The molecular formula is C14H11N3O4S2. The number of esters is 1. The SMILES string of the molecule is CC(=O)Nc1nc(C(=O)OCc2coc(-c3cccs3)n2)cs1. The fourth-order valence-corrected chi connectivity index (χ4v) is 3.06. The van der Waals surface area contributed by atoms with Gasteiger partial charge in [0, 0.05) is 12.3 Å². The molecule has 0 aliphatic rings. The molecule has 0 spiro atoms. The molecule has 3 aromatic heterocycles. The highest BCUT2D eigenvalue weighted by atomic mass is 32.1. The number of carbonyl (C=O) groups is 2. The van der Waals surface area contributed by atoms with Crippen LogP contribution in [0.3, 0.4) is 0 Å². The number of thiophene rings is 1. The molecule has 3 rings (SSSR count). The first-order chi connectivity index (χ1) is 11.1. The number of nitrogens with one attached hydrogen (secondary N) is 1. The maximum atomic E-state index is 11.9. The van der Waals surface area contributed by atoms with Crippen LogP contribution >= 0.6 is 22.7 Å². The van der Waals surface area contributed by atoms with Crippen molar-refractivity contribution in [1.29, 1.82) is 0 Å². The first-order valence-corrected chi connectivity index (χ1v) is 8.26. The van der Waals surface area contributed by atoms with Crippen molar-refractivity contribution in [3.05, 3.63) is 40.5 Å². The topological polar surface area (TPSA) is 94.3 Å². The Labute approximate surface area is 139 Å². The second-order valence-corrected chi connectivity index (χ2v) is 6.22. The molecule has 0 aliphatic carbocycles. The molecule has 0 bridgehead atoms. The quantitative estimate of drug-likeness (QED) is 0.711. The van der Waals surface area contributed by atoms with E-state index >= 15 is 0 Å². The lowest BCUT2D eigenvalue weighted by Gasteiger charge is -1.99. The lowest BCUT2D eigenvalue weighted by molar-refractivity contribution is -0.114. The summed E-state index contributed by atoms with van der Waals surface area (Å²) in [5, 5.41) is 6.31. The normalized spacial score (nSPS) is 10.5. The van der Waals surface area contributed by atoms with E-state index in [2.05, 4.69) is 15.3 Å². The summed E-state index contributed by atoms with van der Waals surface area (Å²) in [6, 6.07) is 3.80. The minimum Gasteiger partial charge on any atom is -0.454 e. The van der Waals surface area contributed by atoms with E-state index in [4.69, 9.17) is 9.15 Å². The van der Waals surface area contributed by atoms with Gasteiger partial charge in [-0.25, -0.2) is 14.8 Å². The second-order valence-electron chi connectivity index (χ2n) is 4.42. The van der Waals surface area contributed by atoms with Crippen LogP contribution in [0.2, 0.25) is 0 Å². The molecule has 0 radical (unpaired) electrons. The van der Waals surface area contributed by atoms with Crippen molar-refractivity contribution >= 4 is 39.7 Å². The molecule has 0 saturated heterocycles. The van der Waals surface area contributed by atoms with Crippen LogP contribution in [-0.4, -0.2) is 21.8 Å². The Morgan fingerprint density at radius 1 is 1.35 bits per heavy atom. The Kier molecular flexibility index (Phi) is 4.49. The molecule has 0 saturated carbocycles. The molecule has 1 amide bonds. The first kappa shape index (κ1) is 15.4. The number of carbonyl (C=O) groups excluding carboxylic acids is 2. The molecule has 0 atom stereocenters. The molecule has 23 heavy (non-hydrogen) atoms. The second kappa shape index (κ2) is 6.71. The van der Waals surface area contributed by atoms with Crippen LogP contribution in [-0.2, 0) is 16.1 Å². The van der Waals surface area contributed by atoms with Gasteiger partial charge in [-0.3, -0.25) is 4.79 Å². The number of nitrogens with zero attached hydrogens (tertiary/aromatic N) is 2. The average Bonchev–Trinajstić information content (AvgIpc) is 3.24. The number of oxazole rings is 1. The predicted octanol–water partition coefficient (Wildman–Crippen LogP) is 3.18. The lowest BCUT2D eigenvalue weighted by atomic mass is 10.4. The van der Waals surface area contributed by atoms with Gasteiger partial charge in [0.25, 0.3) is 0 Å². The van der Waals surface area contributed by atoms with Crippen LogP contribution in [0.4, 0.5) is 5.13 Å². The zero-order chi connectivity index (χ0) is 16.2.